The Morgan fingerprint density at radius 3 is 2.69 bits per heavy atom. The Labute approximate surface area is 89.4 Å². The van der Waals surface area contributed by atoms with Crippen molar-refractivity contribution in [3.8, 4) is 5.88 Å². The van der Waals surface area contributed by atoms with Gasteiger partial charge in [0.15, 0.2) is 0 Å². The summed E-state index contributed by atoms with van der Waals surface area (Å²) < 4.78 is 0. The van der Waals surface area contributed by atoms with E-state index in [0.717, 1.165) is 6.33 Å². The lowest BCUT2D eigenvalue weighted by atomic mass is 10.0. The highest BCUT2D eigenvalue weighted by molar-refractivity contribution is 5.74. The molecule has 0 aromatic carbocycles. The summed E-state index contributed by atoms with van der Waals surface area (Å²) in [6.07, 6.45) is -2.90. The zero-order valence-electron chi connectivity index (χ0n) is 8.12. The molecule has 0 saturated heterocycles. The van der Waals surface area contributed by atoms with Gasteiger partial charge in [0.25, 0.3) is 5.56 Å². The highest BCUT2D eigenvalue weighted by Gasteiger charge is 2.26. The zero-order chi connectivity index (χ0) is 12.3. The molecule has 0 aliphatic heterocycles. The molecule has 88 valence electrons. The van der Waals surface area contributed by atoms with Gasteiger partial charge >= 0.3 is 0 Å². The first-order valence-electron chi connectivity index (χ1n) is 4.34. The molecule has 1 heterocycles. The smallest absolute Gasteiger partial charge is 0.260 e. The molecule has 2 unspecified atom stereocenters. The summed E-state index contributed by atoms with van der Waals surface area (Å²) in [6.45, 7) is 0. The van der Waals surface area contributed by atoms with Crippen LogP contribution in [0.1, 0.15) is 18.1 Å². The SMILES string of the molecule is NC(=O)CC(O)C(O)c1c(O)nc[nH]c1=O. The second-order valence-corrected chi connectivity index (χ2v) is 3.15. The summed E-state index contributed by atoms with van der Waals surface area (Å²) in [5.74, 6) is -1.55. The molecule has 0 aliphatic rings. The number of amides is 1. The van der Waals surface area contributed by atoms with Crippen LogP contribution in [0.3, 0.4) is 0 Å². The van der Waals surface area contributed by atoms with Crippen molar-refractivity contribution in [3.63, 3.8) is 0 Å². The van der Waals surface area contributed by atoms with Gasteiger partial charge in [-0.15, -0.1) is 0 Å². The van der Waals surface area contributed by atoms with Gasteiger partial charge in [-0.25, -0.2) is 4.98 Å². The van der Waals surface area contributed by atoms with E-state index in [4.69, 9.17) is 5.73 Å². The van der Waals surface area contributed by atoms with Crippen molar-refractivity contribution < 1.29 is 20.1 Å². The number of carbonyl (C=O) groups is 1. The van der Waals surface area contributed by atoms with E-state index in [-0.39, 0.29) is 0 Å². The number of carbonyl (C=O) groups excluding carboxylic acids is 1. The molecule has 1 amide bonds. The van der Waals surface area contributed by atoms with Gasteiger partial charge in [0.1, 0.15) is 11.7 Å². The van der Waals surface area contributed by atoms with E-state index in [0.29, 0.717) is 0 Å². The summed E-state index contributed by atoms with van der Waals surface area (Å²) >= 11 is 0. The lowest BCUT2D eigenvalue weighted by Crippen LogP contribution is -2.29. The average molecular weight is 229 g/mol. The van der Waals surface area contributed by atoms with Crippen LogP contribution in [0.2, 0.25) is 0 Å². The van der Waals surface area contributed by atoms with Crippen molar-refractivity contribution in [2.45, 2.75) is 18.6 Å². The third-order valence-electron chi connectivity index (χ3n) is 1.94. The van der Waals surface area contributed by atoms with E-state index < -0.39 is 41.5 Å². The molecular weight excluding hydrogens is 218 g/mol. The Morgan fingerprint density at radius 2 is 2.19 bits per heavy atom. The lowest BCUT2D eigenvalue weighted by Gasteiger charge is -2.15. The van der Waals surface area contributed by atoms with Crippen LogP contribution in [0.15, 0.2) is 11.1 Å². The number of primary amides is 1. The number of nitrogens with one attached hydrogen (secondary N) is 1. The van der Waals surface area contributed by atoms with Crippen LogP contribution < -0.4 is 11.3 Å². The largest absolute Gasteiger partial charge is 0.493 e. The van der Waals surface area contributed by atoms with Crippen molar-refractivity contribution >= 4 is 5.91 Å². The van der Waals surface area contributed by atoms with Crippen LogP contribution in [-0.4, -0.2) is 37.3 Å². The molecule has 0 aliphatic carbocycles. The Kier molecular flexibility index (Phi) is 3.59. The van der Waals surface area contributed by atoms with Crippen molar-refractivity contribution in [2.75, 3.05) is 0 Å². The average Bonchev–Trinajstić information content (AvgIpc) is 2.16. The van der Waals surface area contributed by atoms with E-state index in [1.54, 1.807) is 0 Å². The topological polar surface area (TPSA) is 150 Å². The molecule has 8 heteroatoms. The van der Waals surface area contributed by atoms with Crippen LogP contribution in [0.5, 0.6) is 5.88 Å². The molecule has 2 atom stereocenters. The fourth-order valence-corrected chi connectivity index (χ4v) is 1.18. The van der Waals surface area contributed by atoms with E-state index >= 15 is 0 Å². The summed E-state index contributed by atoms with van der Waals surface area (Å²) in [6, 6.07) is 0. The first kappa shape index (κ1) is 12.1. The van der Waals surface area contributed by atoms with Crippen molar-refractivity contribution in [2.24, 2.45) is 5.73 Å². The molecule has 16 heavy (non-hydrogen) atoms. The predicted molar refractivity (Wildman–Crippen MR) is 51.3 cm³/mol. The first-order valence-corrected chi connectivity index (χ1v) is 4.34. The minimum atomic E-state index is -1.73. The second kappa shape index (κ2) is 4.73. The molecule has 0 saturated carbocycles. The summed E-state index contributed by atoms with van der Waals surface area (Å²) in [7, 11) is 0. The number of aliphatic hydroxyl groups is 2. The molecule has 1 rings (SSSR count). The Morgan fingerprint density at radius 1 is 1.56 bits per heavy atom. The summed E-state index contributed by atoms with van der Waals surface area (Å²) in [5.41, 5.74) is 3.51. The third kappa shape index (κ3) is 2.55. The Hall–Kier alpha value is -1.93. The molecule has 1 aromatic rings. The number of rotatable bonds is 4. The number of nitrogens with zero attached hydrogens (tertiary/aromatic N) is 1. The minimum absolute atomic E-state index is 0.503. The summed E-state index contributed by atoms with van der Waals surface area (Å²) in [5, 5.41) is 28.1. The molecule has 6 N–H and O–H groups in total. The Balaban J connectivity index is 3.00. The van der Waals surface area contributed by atoms with Gasteiger partial charge in [-0.05, 0) is 0 Å². The molecule has 0 radical (unpaired) electrons. The number of aromatic nitrogens is 2. The van der Waals surface area contributed by atoms with Gasteiger partial charge in [-0.2, -0.15) is 0 Å². The van der Waals surface area contributed by atoms with E-state index in [1.807, 2.05) is 0 Å². The lowest BCUT2D eigenvalue weighted by molar-refractivity contribution is -0.121. The number of hydrogen-bond acceptors (Lipinski definition) is 6. The van der Waals surface area contributed by atoms with E-state index in [9.17, 15) is 24.9 Å². The number of aromatic amines is 1. The van der Waals surface area contributed by atoms with Crippen LogP contribution in [0, 0.1) is 0 Å². The predicted octanol–water partition coefficient (Wildman–Crippen LogP) is -2.25. The first-order chi connectivity index (χ1) is 7.43. The normalized spacial score (nSPS) is 14.4. The van der Waals surface area contributed by atoms with Crippen LogP contribution >= 0.6 is 0 Å². The van der Waals surface area contributed by atoms with Crippen molar-refractivity contribution in [1.82, 2.24) is 9.97 Å². The maximum Gasteiger partial charge on any atom is 0.260 e. The number of aliphatic hydroxyl groups excluding tert-OH is 2. The quantitative estimate of drug-likeness (QED) is 0.393. The van der Waals surface area contributed by atoms with E-state index in [2.05, 4.69) is 9.97 Å². The molecule has 1 aromatic heterocycles. The van der Waals surface area contributed by atoms with Gasteiger partial charge < -0.3 is 26.0 Å². The second-order valence-electron chi connectivity index (χ2n) is 3.15. The summed E-state index contributed by atoms with van der Waals surface area (Å²) in [4.78, 5) is 27.2. The van der Waals surface area contributed by atoms with Gasteiger partial charge in [0, 0.05) is 0 Å². The monoisotopic (exact) mass is 229 g/mol. The van der Waals surface area contributed by atoms with Crippen LogP contribution in [-0.2, 0) is 4.79 Å². The minimum Gasteiger partial charge on any atom is -0.493 e. The molecular formula is C8H11N3O5. The molecule has 0 spiro atoms. The number of nitrogens with two attached hydrogens (primary N) is 1. The van der Waals surface area contributed by atoms with Crippen molar-refractivity contribution in [3.05, 3.63) is 22.2 Å². The van der Waals surface area contributed by atoms with Crippen LogP contribution in [0.4, 0.5) is 0 Å². The number of H-pyrrole nitrogens is 1. The van der Waals surface area contributed by atoms with E-state index in [1.165, 1.54) is 0 Å². The van der Waals surface area contributed by atoms with Gasteiger partial charge in [0.2, 0.25) is 11.8 Å². The number of aromatic hydroxyl groups is 1. The van der Waals surface area contributed by atoms with Crippen molar-refractivity contribution in [1.29, 1.82) is 0 Å². The maximum atomic E-state index is 11.2. The van der Waals surface area contributed by atoms with Gasteiger partial charge in [-0.3, -0.25) is 9.59 Å². The molecule has 0 bridgehead atoms. The molecule has 8 nitrogen and oxygen atoms in total. The molecule has 0 fully saturated rings. The maximum absolute atomic E-state index is 11.2. The Bertz CT molecular complexity index is 444. The van der Waals surface area contributed by atoms with Gasteiger partial charge in [0.05, 0.1) is 18.9 Å². The van der Waals surface area contributed by atoms with Crippen LogP contribution in [0.25, 0.3) is 0 Å². The number of hydrogen-bond donors (Lipinski definition) is 5. The fraction of sp³-hybridized carbons (Fsp3) is 0.375. The fourth-order valence-electron chi connectivity index (χ4n) is 1.18. The zero-order valence-corrected chi connectivity index (χ0v) is 8.12. The standard InChI is InChI=1S/C8H11N3O5/c9-4(13)1-3(12)6(14)5-7(15)10-2-11-8(5)16/h2-3,6,12,14H,1H2,(H2,9,13)(H2,10,11,15,16). The third-order valence-corrected chi connectivity index (χ3v) is 1.94. The highest BCUT2D eigenvalue weighted by atomic mass is 16.3. The van der Waals surface area contributed by atoms with Gasteiger partial charge in [-0.1, -0.05) is 0 Å². The highest BCUT2D eigenvalue weighted by Crippen LogP contribution is 2.21.